The molecule has 8 heteroatoms. The Morgan fingerprint density at radius 3 is 2.42 bits per heavy atom. The summed E-state index contributed by atoms with van der Waals surface area (Å²) in [6.07, 6.45) is 12.5. The number of benzene rings is 1. The summed E-state index contributed by atoms with van der Waals surface area (Å²) in [5.41, 5.74) is 6.65. The first kappa shape index (κ1) is 19.5. The van der Waals surface area contributed by atoms with Gasteiger partial charge in [-0.1, -0.05) is 36.4 Å². The Morgan fingerprint density at radius 2 is 1.67 bits per heavy atom. The van der Waals surface area contributed by atoms with E-state index in [1.54, 1.807) is 4.68 Å². The van der Waals surface area contributed by atoms with Crippen molar-refractivity contribution in [2.24, 2.45) is 7.05 Å². The fourth-order valence-corrected chi connectivity index (χ4v) is 4.22. The van der Waals surface area contributed by atoms with E-state index in [0.717, 1.165) is 53.4 Å². The molecule has 4 aromatic heterocycles. The summed E-state index contributed by atoms with van der Waals surface area (Å²) in [5.74, 6) is 0.783. The Kier molecular flexibility index (Phi) is 4.75. The largest absolute Gasteiger partial charge is 0.376 e. The second-order valence-electron chi connectivity index (χ2n) is 8.51. The monoisotopic (exact) mass is 436 g/mol. The van der Waals surface area contributed by atoms with Crippen molar-refractivity contribution in [1.29, 1.82) is 0 Å². The molecular formula is C25H24N8. The Morgan fingerprint density at radius 1 is 0.848 bits per heavy atom. The van der Waals surface area contributed by atoms with Crippen LogP contribution in [0.3, 0.4) is 0 Å². The van der Waals surface area contributed by atoms with E-state index >= 15 is 0 Å². The molecular weight excluding hydrogens is 412 g/mol. The van der Waals surface area contributed by atoms with Gasteiger partial charge in [-0.15, -0.1) is 0 Å². The molecule has 0 aliphatic carbocycles. The Labute approximate surface area is 191 Å². The lowest BCUT2D eigenvalue weighted by Gasteiger charge is -2.39. The predicted octanol–water partition coefficient (Wildman–Crippen LogP) is 3.42. The van der Waals surface area contributed by atoms with Gasteiger partial charge in [0.15, 0.2) is 0 Å². The van der Waals surface area contributed by atoms with Gasteiger partial charge in [0.25, 0.3) is 0 Å². The molecule has 164 valence electrons. The molecule has 0 atom stereocenters. The maximum absolute atomic E-state index is 4.58. The van der Waals surface area contributed by atoms with E-state index in [4.69, 9.17) is 0 Å². The normalized spacial score (nSPS) is 13.9. The summed E-state index contributed by atoms with van der Waals surface area (Å²) in [6, 6.07) is 14.9. The number of aromatic nitrogens is 6. The van der Waals surface area contributed by atoms with Crippen LogP contribution in [0.4, 0.5) is 11.6 Å². The average molecular weight is 437 g/mol. The molecule has 0 amide bonds. The van der Waals surface area contributed by atoms with Gasteiger partial charge < -0.3 is 10.2 Å². The predicted molar refractivity (Wildman–Crippen MR) is 128 cm³/mol. The molecule has 1 aliphatic rings. The maximum Gasteiger partial charge on any atom is 0.225 e. The lowest BCUT2D eigenvalue weighted by molar-refractivity contribution is 0.538. The van der Waals surface area contributed by atoms with E-state index in [1.165, 1.54) is 5.56 Å². The first-order valence-electron chi connectivity index (χ1n) is 11.0. The minimum atomic E-state index is 0.337. The zero-order valence-corrected chi connectivity index (χ0v) is 18.3. The molecule has 1 aromatic carbocycles. The lowest BCUT2D eigenvalue weighted by atomic mass is 10.1. The van der Waals surface area contributed by atoms with Crippen LogP contribution in [0.25, 0.3) is 16.6 Å². The summed E-state index contributed by atoms with van der Waals surface area (Å²) in [4.78, 5) is 11.4. The van der Waals surface area contributed by atoms with Gasteiger partial charge in [-0.2, -0.15) is 10.2 Å². The van der Waals surface area contributed by atoms with Gasteiger partial charge in [0, 0.05) is 62.5 Å². The first-order valence-corrected chi connectivity index (χ1v) is 11.0. The third-order valence-electron chi connectivity index (χ3n) is 6.02. The van der Waals surface area contributed by atoms with Crippen LogP contribution in [0.2, 0.25) is 0 Å². The summed E-state index contributed by atoms with van der Waals surface area (Å²) < 4.78 is 3.72. The van der Waals surface area contributed by atoms with E-state index in [2.05, 4.69) is 66.8 Å². The van der Waals surface area contributed by atoms with Crippen molar-refractivity contribution in [2.75, 3.05) is 23.3 Å². The number of hydrogen-bond acceptors (Lipinski definition) is 6. The van der Waals surface area contributed by atoms with E-state index < -0.39 is 0 Å². The fourth-order valence-electron chi connectivity index (χ4n) is 4.22. The fraction of sp³-hybridized carbons (Fsp3) is 0.200. The summed E-state index contributed by atoms with van der Waals surface area (Å²) in [5, 5.41) is 12.4. The van der Waals surface area contributed by atoms with Crippen molar-refractivity contribution in [3.8, 4) is 11.1 Å². The number of pyridine rings is 1. The third kappa shape index (κ3) is 3.91. The molecule has 33 heavy (non-hydrogen) atoms. The van der Waals surface area contributed by atoms with Crippen LogP contribution in [-0.2, 0) is 13.5 Å². The van der Waals surface area contributed by atoms with Crippen molar-refractivity contribution < 1.29 is 0 Å². The van der Waals surface area contributed by atoms with Crippen LogP contribution in [0, 0.1) is 0 Å². The van der Waals surface area contributed by atoms with Gasteiger partial charge in [0.2, 0.25) is 5.95 Å². The number of anilines is 2. The van der Waals surface area contributed by atoms with E-state index in [0.29, 0.717) is 6.04 Å². The van der Waals surface area contributed by atoms with Gasteiger partial charge in [0.05, 0.1) is 29.6 Å². The van der Waals surface area contributed by atoms with Crippen molar-refractivity contribution in [1.82, 2.24) is 29.4 Å². The number of nitrogens with one attached hydrogen (secondary N) is 1. The molecule has 1 aliphatic heterocycles. The highest BCUT2D eigenvalue weighted by Gasteiger charge is 2.29. The van der Waals surface area contributed by atoms with Crippen LogP contribution in [0.5, 0.6) is 0 Å². The molecule has 1 fully saturated rings. The summed E-state index contributed by atoms with van der Waals surface area (Å²) >= 11 is 0. The standard InChI is InChI=1S/C25H24N8/c1-31-14-21(12-28-31)20-7-8-24-23(13-29-33(24)15-20)30-22-16-32(17-22)25-26-10-19(11-27-25)9-18-5-3-2-4-6-18/h2-8,10-15,22,30H,9,16-17H2,1H3. The molecule has 5 heterocycles. The molecule has 0 radical (unpaired) electrons. The topological polar surface area (TPSA) is 76.2 Å². The van der Waals surface area contributed by atoms with Crippen LogP contribution in [0.15, 0.2) is 79.6 Å². The van der Waals surface area contributed by atoms with Crippen LogP contribution < -0.4 is 10.2 Å². The highest BCUT2D eigenvalue weighted by atomic mass is 15.3. The van der Waals surface area contributed by atoms with Crippen LogP contribution in [0.1, 0.15) is 11.1 Å². The third-order valence-corrected chi connectivity index (χ3v) is 6.02. The van der Waals surface area contributed by atoms with Gasteiger partial charge in [0.1, 0.15) is 0 Å². The van der Waals surface area contributed by atoms with Gasteiger partial charge in [-0.3, -0.25) is 4.68 Å². The Balaban J connectivity index is 1.08. The molecule has 0 saturated carbocycles. The van der Waals surface area contributed by atoms with Gasteiger partial charge in [-0.05, 0) is 17.2 Å². The number of rotatable bonds is 6. The minimum absolute atomic E-state index is 0.337. The van der Waals surface area contributed by atoms with Crippen molar-refractivity contribution in [3.63, 3.8) is 0 Å². The zero-order chi connectivity index (χ0) is 22.2. The number of hydrogen-bond donors (Lipinski definition) is 1. The molecule has 0 bridgehead atoms. The van der Waals surface area contributed by atoms with E-state index in [-0.39, 0.29) is 0 Å². The van der Waals surface area contributed by atoms with Crippen LogP contribution >= 0.6 is 0 Å². The smallest absolute Gasteiger partial charge is 0.225 e. The van der Waals surface area contributed by atoms with Crippen molar-refractivity contribution in [3.05, 3.63) is 90.8 Å². The number of aryl methyl sites for hydroxylation is 1. The van der Waals surface area contributed by atoms with Crippen molar-refractivity contribution >= 4 is 17.2 Å². The second-order valence-corrected chi connectivity index (χ2v) is 8.51. The number of fused-ring (bicyclic) bond motifs is 1. The van der Waals surface area contributed by atoms with Crippen molar-refractivity contribution in [2.45, 2.75) is 12.5 Å². The highest BCUT2D eigenvalue weighted by Crippen LogP contribution is 2.25. The molecule has 1 saturated heterocycles. The highest BCUT2D eigenvalue weighted by molar-refractivity contribution is 5.75. The maximum atomic E-state index is 4.58. The lowest BCUT2D eigenvalue weighted by Crippen LogP contribution is -2.55. The molecule has 6 rings (SSSR count). The minimum Gasteiger partial charge on any atom is -0.376 e. The summed E-state index contributed by atoms with van der Waals surface area (Å²) in [7, 11) is 1.92. The molecule has 1 N–H and O–H groups in total. The van der Waals surface area contributed by atoms with E-state index in [1.807, 2.05) is 54.8 Å². The Hall–Kier alpha value is -4.20. The quantitative estimate of drug-likeness (QED) is 0.440. The second kappa shape index (κ2) is 8.05. The van der Waals surface area contributed by atoms with Crippen LogP contribution in [-0.4, -0.2) is 48.5 Å². The van der Waals surface area contributed by atoms with Gasteiger partial charge in [-0.25, -0.2) is 14.5 Å². The van der Waals surface area contributed by atoms with E-state index in [9.17, 15) is 0 Å². The van der Waals surface area contributed by atoms with Gasteiger partial charge >= 0.3 is 0 Å². The molecule has 0 unspecified atom stereocenters. The molecule has 0 spiro atoms. The SMILES string of the molecule is Cn1cc(-c2ccc3c(NC4CN(c5ncc(Cc6ccccc6)cn5)C4)cnn3c2)cn1. The Bertz CT molecular complexity index is 1380. The zero-order valence-electron chi connectivity index (χ0n) is 18.3. The first-order chi connectivity index (χ1) is 16.2. The summed E-state index contributed by atoms with van der Waals surface area (Å²) in [6.45, 7) is 1.73. The molecule has 5 aromatic rings. The number of nitrogens with zero attached hydrogens (tertiary/aromatic N) is 7. The molecule has 8 nitrogen and oxygen atoms in total. The average Bonchev–Trinajstić information content (AvgIpc) is 3.43.